The highest BCUT2D eigenvalue weighted by Crippen LogP contribution is 2.32. The summed E-state index contributed by atoms with van der Waals surface area (Å²) in [6, 6.07) is 11.5. The zero-order valence-corrected chi connectivity index (χ0v) is 13.9. The first-order valence-electron chi connectivity index (χ1n) is 8.51. The summed E-state index contributed by atoms with van der Waals surface area (Å²) >= 11 is 0. The smallest absolute Gasteiger partial charge is 0.0468 e. The molecule has 1 heterocycles. The molecule has 0 radical (unpaired) electrons. The predicted octanol–water partition coefficient (Wildman–Crippen LogP) is 4.15. The van der Waals surface area contributed by atoms with E-state index in [0.717, 1.165) is 25.7 Å². The topological polar surface area (TPSA) is 21.3 Å². The molecule has 21 heavy (non-hydrogen) atoms. The van der Waals surface area contributed by atoms with E-state index in [1.54, 1.807) is 0 Å². The molecule has 0 aliphatic carbocycles. The fourth-order valence-electron chi connectivity index (χ4n) is 3.34. The van der Waals surface area contributed by atoms with Crippen molar-refractivity contribution in [1.29, 1.82) is 0 Å². The molecule has 1 aromatic carbocycles. The number of rotatable bonds is 7. The maximum Gasteiger partial charge on any atom is 0.0468 e. The summed E-state index contributed by atoms with van der Waals surface area (Å²) in [6.45, 7) is 10.00. The molecule has 2 rings (SSSR count). The molecule has 1 aliphatic rings. The van der Waals surface area contributed by atoms with Crippen molar-refractivity contribution in [1.82, 2.24) is 5.32 Å². The van der Waals surface area contributed by atoms with Gasteiger partial charge in [0.25, 0.3) is 0 Å². The molecule has 118 valence electrons. The molecule has 1 unspecified atom stereocenters. The van der Waals surface area contributed by atoms with E-state index in [1.165, 1.54) is 31.2 Å². The second-order valence-corrected chi connectivity index (χ2v) is 6.89. The van der Waals surface area contributed by atoms with Crippen LogP contribution in [0, 0.1) is 5.92 Å². The lowest BCUT2D eigenvalue weighted by Gasteiger charge is -2.38. The first kappa shape index (κ1) is 16.5. The molecular formula is C19H31NO. The van der Waals surface area contributed by atoms with Crippen molar-refractivity contribution in [2.45, 2.75) is 57.9 Å². The van der Waals surface area contributed by atoms with Crippen LogP contribution < -0.4 is 5.32 Å². The van der Waals surface area contributed by atoms with Crippen LogP contribution in [-0.4, -0.2) is 25.8 Å². The Kier molecular flexibility index (Phi) is 6.25. The molecule has 1 aromatic rings. The van der Waals surface area contributed by atoms with Gasteiger partial charge in [-0.1, -0.05) is 51.1 Å². The second-order valence-electron chi connectivity index (χ2n) is 6.89. The standard InChI is InChI=1S/C19H31NO/c1-4-12-20-18(15-16-10-13-21-14-11-16)19(2,3)17-8-6-5-7-9-17/h5-9,16,18,20H,4,10-15H2,1-3H3. The largest absolute Gasteiger partial charge is 0.381 e. The molecule has 0 saturated carbocycles. The average Bonchev–Trinajstić information content (AvgIpc) is 2.53. The SMILES string of the molecule is CCCNC(CC1CCOCC1)C(C)(C)c1ccccc1. The summed E-state index contributed by atoms with van der Waals surface area (Å²) in [4.78, 5) is 0. The Morgan fingerprint density at radius 3 is 2.48 bits per heavy atom. The predicted molar refractivity (Wildman–Crippen MR) is 89.7 cm³/mol. The fourth-order valence-corrected chi connectivity index (χ4v) is 3.34. The summed E-state index contributed by atoms with van der Waals surface area (Å²) in [5.74, 6) is 0.802. The van der Waals surface area contributed by atoms with Gasteiger partial charge in [-0.2, -0.15) is 0 Å². The van der Waals surface area contributed by atoms with Crippen molar-refractivity contribution in [3.63, 3.8) is 0 Å². The quantitative estimate of drug-likeness (QED) is 0.814. The minimum Gasteiger partial charge on any atom is -0.381 e. The van der Waals surface area contributed by atoms with Crippen molar-refractivity contribution in [2.75, 3.05) is 19.8 Å². The van der Waals surface area contributed by atoms with E-state index in [-0.39, 0.29) is 5.41 Å². The minimum absolute atomic E-state index is 0.161. The van der Waals surface area contributed by atoms with Gasteiger partial charge < -0.3 is 10.1 Å². The Balaban J connectivity index is 2.09. The Morgan fingerprint density at radius 2 is 1.86 bits per heavy atom. The van der Waals surface area contributed by atoms with Crippen molar-refractivity contribution in [3.8, 4) is 0 Å². The fraction of sp³-hybridized carbons (Fsp3) is 0.684. The minimum atomic E-state index is 0.161. The van der Waals surface area contributed by atoms with Crippen LogP contribution in [0.15, 0.2) is 30.3 Å². The lowest BCUT2D eigenvalue weighted by atomic mass is 9.73. The van der Waals surface area contributed by atoms with Crippen LogP contribution in [0.3, 0.4) is 0 Å². The third-order valence-corrected chi connectivity index (χ3v) is 4.94. The van der Waals surface area contributed by atoms with Crippen LogP contribution in [0.1, 0.15) is 52.0 Å². The van der Waals surface area contributed by atoms with E-state index in [1.807, 2.05) is 0 Å². The molecule has 1 atom stereocenters. The Bertz CT molecular complexity index is 395. The van der Waals surface area contributed by atoms with E-state index >= 15 is 0 Å². The monoisotopic (exact) mass is 289 g/mol. The second kappa shape index (κ2) is 7.95. The van der Waals surface area contributed by atoms with Gasteiger partial charge in [-0.15, -0.1) is 0 Å². The molecule has 1 N–H and O–H groups in total. The van der Waals surface area contributed by atoms with Crippen molar-refractivity contribution in [2.24, 2.45) is 5.92 Å². The van der Waals surface area contributed by atoms with Gasteiger partial charge in [0.15, 0.2) is 0 Å². The maximum absolute atomic E-state index is 5.51. The molecule has 1 fully saturated rings. The van der Waals surface area contributed by atoms with Gasteiger partial charge in [-0.05, 0) is 43.7 Å². The summed E-state index contributed by atoms with van der Waals surface area (Å²) in [5.41, 5.74) is 1.60. The van der Waals surface area contributed by atoms with E-state index < -0.39 is 0 Å². The summed E-state index contributed by atoms with van der Waals surface area (Å²) in [5, 5.41) is 3.81. The summed E-state index contributed by atoms with van der Waals surface area (Å²) in [6.07, 6.45) is 4.88. The van der Waals surface area contributed by atoms with Gasteiger partial charge >= 0.3 is 0 Å². The molecule has 2 heteroatoms. The summed E-state index contributed by atoms with van der Waals surface area (Å²) in [7, 11) is 0. The van der Waals surface area contributed by atoms with Crippen LogP contribution in [0.25, 0.3) is 0 Å². The zero-order valence-electron chi connectivity index (χ0n) is 13.9. The molecule has 1 saturated heterocycles. The molecule has 0 aromatic heterocycles. The Labute approximate surface area is 130 Å². The Morgan fingerprint density at radius 1 is 1.19 bits per heavy atom. The molecular weight excluding hydrogens is 258 g/mol. The highest BCUT2D eigenvalue weighted by molar-refractivity contribution is 5.25. The number of benzene rings is 1. The van der Waals surface area contributed by atoms with E-state index in [2.05, 4.69) is 56.4 Å². The maximum atomic E-state index is 5.51. The lowest BCUT2D eigenvalue weighted by Crippen LogP contribution is -2.46. The molecule has 0 spiro atoms. The van der Waals surface area contributed by atoms with Crippen LogP contribution in [0.2, 0.25) is 0 Å². The van der Waals surface area contributed by atoms with Gasteiger partial charge in [0.05, 0.1) is 0 Å². The van der Waals surface area contributed by atoms with Crippen LogP contribution >= 0.6 is 0 Å². The highest BCUT2D eigenvalue weighted by atomic mass is 16.5. The van der Waals surface area contributed by atoms with Gasteiger partial charge in [-0.3, -0.25) is 0 Å². The summed E-state index contributed by atoms with van der Waals surface area (Å²) < 4.78 is 5.51. The third-order valence-electron chi connectivity index (χ3n) is 4.94. The molecule has 1 aliphatic heterocycles. The highest BCUT2D eigenvalue weighted by Gasteiger charge is 2.32. The number of hydrogen-bond donors (Lipinski definition) is 1. The molecule has 0 amide bonds. The van der Waals surface area contributed by atoms with E-state index in [9.17, 15) is 0 Å². The van der Waals surface area contributed by atoms with Crippen LogP contribution in [-0.2, 0) is 10.2 Å². The first-order chi connectivity index (χ1) is 10.1. The van der Waals surface area contributed by atoms with Crippen LogP contribution in [0.5, 0.6) is 0 Å². The van der Waals surface area contributed by atoms with Crippen molar-refractivity contribution < 1.29 is 4.74 Å². The van der Waals surface area contributed by atoms with Crippen LogP contribution in [0.4, 0.5) is 0 Å². The lowest BCUT2D eigenvalue weighted by molar-refractivity contribution is 0.0573. The number of nitrogens with one attached hydrogen (secondary N) is 1. The normalized spacial score (nSPS) is 18.6. The zero-order chi connectivity index (χ0) is 15.1. The molecule has 2 nitrogen and oxygen atoms in total. The van der Waals surface area contributed by atoms with Crippen molar-refractivity contribution in [3.05, 3.63) is 35.9 Å². The molecule has 0 bridgehead atoms. The first-order valence-corrected chi connectivity index (χ1v) is 8.51. The number of hydrogen-bond acceptors (Lipinski definition) is 2. The van der Waals surface area contributed by atoms with Crippen molar-refractivity contribution >= 4 is 0 Å². The van der Waals surface area contributed by atoms with Gasteiger partial charge in [-0.25, -0.2) is 0 Å². The van der Waals surface area contributed by atoms with Gasteiger partial charge in [0.2, 0.25) is 0 Å². The van der Waals surface area contributed by atoms with E-state index in [4.69, 9.17) is 4.74 Å². The average molecular weight is 289 g/mol. The van der Waals surface area contributed by atoms with Gasteiger partial charge in [0, 0.05) is 24.7 Å². The Hall–Kier alpha value is -0.860. The number of ether oxygens (including phenoxy) is 1. The third kappa shape index (κ3) is 4.55. The van der Waals surface area contributed by atoms with Gasteiger partial charge in [0.1, 0.15) is 0 Å². The van der Waals surface area contributed by atoms with E-state index in [0.29, 0.717) is 6.04 Å².